The Labute approximate surface area is 82.2 Å². The molecule has 0 aliphatic heterocycles. The van der Waals surface area contributed by atoms with Crippen molar-refractivity contribution in [3.05, 3.63) is 12.2 Å². The van der Waals surface area contributed by atoms with Crippen LogP contribution in [0.25, 0.3) is 0 Å². The molecular formula is C10H12O4. The van der Waals surface area contributed by atoms with Crippen molar-refractivity contribution in [2.24, 2.45) is 0 Å². The molecule has 0 atom stereocenters. The number of hydrogen-bond acceptors (Lipinski definition) is 2. The highest BCUT2D eigenvalue weighted by Gasteiger charge is 1.87. The molecule has 0 saturated heterocycles. The lowest BCUT2D eigenvalue weighted by Gasteiger charge is -1.89. The van der Waals surface area contributed by atoms with Crippen LogP contribution in [0.15, 0.2) is 12.2 Å². The standard InChI is InChI=1S/C10H12O4/c11-9(12)7-5-3-1-2-4-6-8-10(13)14/h5,7H,1-4H2,(H,11,12)(H,13,14). The zero-order chi connectivity index (χ0) is 10.8. The highest BCUT2D eigenvalue weighted by atomic mass is 16.4. The Balaban J connectivity index is 3.36. The van der Waals surface area contributed by atoms with Crippen molar-refractivity contribution < 1.29 is 19.8 Å². The van der Waals surface area contributed by atoms with Gasteiger partial charge in [0.05, 0.1) is 0 Å². The number of carboxylic acid groups (broad SMARTS) is 2. The summed E-state index contributed by atoms with van der Waals surface area (Å²) in [5.74, 6) is 2.44. The fraction of sp³-hybridized carbons (Fsp3) is 0.400. The van der Waals surface area contributed by atoms with Crippen LogP contribution in [-0.2, 0) is 9.59 Å². The second kappa shape index (κ2) is 7.87. The molecule has 0 rings (SSSR count). The molecule has 0 aromatic rings. The van der Waals surface area contributed by atoms with Crippen molar-refractivity contribution in [2.45, 2.75) is 25.7 Å². The van der Waals surface area contributed by atoms with Gasteiger partial charge in [-0.25, -0.2) is 9.59 Å². The third-order valence-corrected chi connectivity index (χ3v) is 1.38. The van der Waals surface area contributed by atoms with Crippen LogP contribution in [0.1, 0.15) is 25.7 Å². The highest BCUT2D eigenvalue weighted by molar-refractivity contribution is 5.86. The Morgan fingerprint density at radius 2 is 1.93 bits per heavy atom. The SMILES string of the molecule is O=C(O)C#CCCCCC=CC(=O)O. The average molecular weight is 196 g/mol. The van der Waals surface area contributed by atoms with Crippen molar-refractivity contribution >= 4 is 11.9 Å². The molecule has 0 aromatic carbocycles. The minimum absolute atomic E-state index is 0.535. The van der Waals surface area contributed by atoms with E-state index in [0.29, 0.717) is 12.8 Å². The molecule has 14 heavy (non-hydrogen) atoms. The first-order valence-electron chi connectivity index (χ1n) is 4.24. The lowest BCUT2D eigenvalue weighted by atomic mass is 10.2. The Morgan fingerprint density at radius 3 is 2.50 bits per heavy atom. The zero-order valence-corrected chi connectivity index (χ0v) is 7.69. The third kappa shape index (κ3) is 10.2. The smallest absolute Gasteiger partial charge is 0.381 e. The van der Waals surface area contributed by atoms with Gasteiger partial charge in [0.1, 0.15) is 0 Å². The summed E-state index contributed by atoms with van der Waals surface area (Å²) in [6.45, 7) is 0. The van der Waals surface area contributed by atoms with Gasteiger partial charge >= 0.3 is 11.9 Å². The molecule has 0 spiro atoms. The molecule has 0 unspecified atom stereocenters. The average Bonchev–Trinajstić information content (AvgIpc) is 2.08. The number of rotatable bonds is 5. The van der Waals surface area contributed by atoms with Crippen molar-refractivity contribution in [3.8, 4) is 11.8 Å². The first kappa shape index (κ1) is 12.2. The van der Waals surface area contributed by atoms with E-state index < -0.39 is 11.9 Å². The fourth-order valence-corrected chi connectivity index (χ4v) is 0.798. The van der Waals surface area contributed by atoms with Gasteiger partial charge < -0.3 is 10.2 Å². The van der Waals surface area contributed by atoms with E-state index in [0.717, 1.165) is 18.9 Å². The maximum Gasteiger partial charge on any atom is 0.381 e. The van der Waals surface area contributed by atoms with Crippen LogP contribution in [0.2, 0.25) is 0 Å². The van der Waals surface area contributed by atoms with Gasteiger partial charge in [-0.2, -0.15) is 0 Å². The molecule has 0 aliphatic rings. The van der Waals surface area contributed by atoms with Gasteiger partial charge in [-0.3, -0.25) is 0 Å². The van der Waals surface area contributed by atoms with Crippen LogP contribution in [0, 0.1) is 11.8 Å². The van der Waals surface area contributed by atoms with Gasteiger partial charge in [-0.15, -0.1) is 0 Å². The zero-order valence-electron chi connectivity index (χ0n) is 7.69. The Morgan fingerprint density at radius 1 is 1.21 bits per heavy atom. The largest absolute Gasteiger partial charge is 0.478 e. The number of unbranched alkanes of at least 4 members (excludes halogenated alkanes) is 3. The topological polar surface area (TPSA) is 74.6 Å². The molecule has 0 bridgehead atoms. The van der Waals surface area contributed by atoms with Crippen LogP contribution in [0.3, 0.4) is 0 Å². The summed E-state index contributed by atoms with van der Waals surface area (Å²) in [4.78, 5) is 20.0. The monoisotopic (exact) mass is 196 g/mol. The van der Waals surface area contributed by atoms with Crippen molar-refractivity contribution in [2.75, 3.05) is 0 Å². The second-order valence-corrected chi connectivity index (χ2v) is 2.59. The number of aliphatic carboxylic acids is 2. The molecule has 0 aliphatic carbocycles. The third-order valence-electron chi connectivity index (χ3n) is 1.38. The van der Waals surface area contributed by atoms with E-state index in [2.05, 4.69) is 5.92 Å². The maximum atomic E-state index is 10.0. The van der Waals surface area contributed by atoms with E-state index in [1.54, 1.807) is 6.08 Å². The Kier molecular flexibility index (Phi) is 6.88. The molecule has 0 saturated carbocycles. The molecule has 76 valence electrons. The number of hydrogen-bond donors (Lipinski definition) is 2. The van der Waals surface area contributed by atoms with Crippen LogP contribution < -0.4 is 0 Å². The highest BCUT2D eigenvalue weighted by Crippen LogP contribution is 1.99. The minimum Gasteiger partial charge on any atom is -0.478 e. The Bertz CT molecular complexity index is 280. The van der Waals surface area contributed by atoms with Crippen LogP contribution in [-0.4, -0.2) is 22.2 Å². The summed E-state index contributed by atoms with van der Waals surface area (Å²) < 4.78 is 0. The number of allylic oxidation sites excluding steroid dienone is 1. The van der Waals surface area contributed by atoms with E-state index >= 15 is 0 Å². The first-order chi connectivity index (χ1) is 6.63. The molecule has 0 aromatic heterocycles. The maximum absolute atomic E-state index is 10.0. The van der Waals surface area contributed by atoms with Crippen molar-refractivity contribution in [3.63, 3.8) is 0 Å². The van der Waals surface area contributed by atoms with E-state index in [9.17, 15) is 9.59 Å². The summed E-state index contributed by atoms with van der Waals surface area (Å²) in [5, 5.41) is 16.4. The van der Waals surface area contributed by atoms with Crippen molar-refractivity contribution in [1.29, 1.82) is 0 Å². The molecule has 0 amide bonds. The lowest BCUT2D eigenvalue weighted by molar-refractivity contribution is -0.132. The molecule has 0 radical (unpaired) electrons. The summed E-state index contributed by atoms with van der Waals surface area (Å²) in [5.41, 5.74) is 0. The molecule has 0 heterocycles. The van der Waals surface area contributed by atoms with Gasteiger partial charge in [0.25, 0.3) is 0 Å². The quantitative estimate of drug-likeness (QED) is 0.394. The molecular weight excluding hydrogens is 184 g/mol. The van der Waals surface area contributed by atoms with Gasteiger partial charge in [0.15, 0.2) is 0 Å². The fourth-order valence-electron chi connectivity index (χ4n) is 0.798. The summed E-state index contributed by atoms with van der Waals surface area (Å²) >= 11 is 0. The lowest BCUT2D eigenvalue weighted by Crippen LogP contribution is -1.87. The predicted octanol–water partition coefficient (Wildman–Crippen LogP) is 1.28. The van der Waals surface area contributed by atoms with E-state index in [1.165, 1.54) is 0 Å². The van der Waals surface area contributed by atoms with Crippen LogP contribution in [0.5, 0.6) is 0 Å². The van der Waals surface area contributed by atoms with Crippen LogP contribution in [0.4, 0.5) is 0 Å². The van der Waals surface area contributed by atoms with Crippen molar-refractivity contribution in [1.82, 2.24) is 0 Å². The molecule has 4 nitrogen and oxygen atoms in total. The summed E-state index contributed by atoms with van der Waals surface area (Å²) in [7, 11) is 0. The number of carbonyl (C=O) groups is 2. The molecule has 2 N–H and O–H groups in total. The summed E-state index contributed by atoms with van der Waals surface area (Å²) in [6.07, 6.45) is 5.49. The molecule has 4 heteroatoms. The van der Waals surface area contributed by atoms with Gasteiger partial charge in [0.2, 0.25) is 0 Å². The van der Waals surface area contributed by atoms with Gasteiger partial charge in [-0.05, 0) is 19.3 Å². The van der Waals surface area contributed by atoms with Gasteiger partial charge in [-0.1, -0.05) is 12.0 Å². The summed E-state index contributed by atoms with van der Waals surface area (Å²) in [6, 6.07) is 0. The molecule has 0 fully saturated rings. The predicted molar refractivity (Wildman–Crippen MR) is 50.7 cm³/mol. The van der Waals surface area contributed by atoms with Gasteiger partial charge in [0, 0.05) is 18.4 Å². The Hall–Kier alpha value is -1.76. The van der Waals surface area contributed by atoms with Crippen LogP contribution >= 0.6 is 0 Å². The number of carboxylic acids is 2. The second-order valence-electron chi connectivity index (χ2n) is 2.59. The normalized spacial score (nSPS) is 9.43. The van der Waals surface area contributed by atoms with E-state index in [1.807, 2.05) is 5.92 Å². The first-order valence-corrected chi connectivity index (χ1v) is 4.24. The van der Waals surface area contributed by atoms with E-state index in [-0.39, 0.29) is 0 Å². The van der Waals surface area contributed by atoms with E-state index in [4.69, 9.17) is 10.2 Å². The minimum atomic E-state index is -1.12.